The molecule has 1 unspecified atom stereocenters. The van der Waals surface area contributed by atoms with Gasteiger partial charge in [0.05, 0.1) is 13.0 Å². The lowest BCUT2D eigenvalue weighted by Crippen LogP contribution is -2.51. The average Bonchev–Trinajstić information content (AvgIpc) is 2.88. The summed E-state index contributed by atoms with van der Waals surface area (Å²) in [6.45, 7) is 14.4. The van der Waals surface area contributed by atoms with Crippen LogP contribution in [0.1, 0.15) is 80.2 Å². The molecule has 1 aromatic carbocycles. The van der Waals surface area contributed by atoms with E-state index in [9.17, 15) is 24.0 Å². The first kappa shape index (κ1) is 37.9. The number of amides is 3. The minimum Gasteiger partial charge on any atom is -0.497 e. The lowest BCUT2D eigenvalue weighted by atomic mass is 9.90. The van der Waals surface area contributed by atoms with E-state index in [2.05, 4.69) is 16.0 Å². The number of esters is 1. The van der Waals surface area contributed by atoms with Crippen LogP contribution >= 0.6 is 11.8 Å². The van der Waals surface area contributed by atoms with Gasteiger partial charge in [0.25, 0.3) is 0 Å². The topological polar surface area (TPSA) is 140 Å². The van der Waals surface area contributed by atoms with Gasteiger partial charge in [0, 0.05) is 32.1 Å². The van der Waals surface area contributed by atoms with Crippen LogP contribution in [0.4, 0.5) is 0 Å². The number of hydrogen-bond donors (Lipinski definition) is 3. The lowest BCUT2D eigenvalue weighted by Gasteiger charge is -2.29. The maximum Gasteiger partial charge on any atom is 0.329 e. The van der Waals surface area contributed by atoms with Crippen LogP contribution in [0.15, 0.2) is 24.3 Å². The summed E-state index contributed by atoms with van der Waals surface area (Å²) in [6.07, 6.45) is 0.825. The quantitative estimate of drug-likeness (QED) is 0.235. The second-order valence-electron chi connectivity index (χ2n) is 12.6. The molecule has 4 atom stereocenters. The number of carbonyl (C=O) groups is 5. The van der Waals surface area contributed by atoms with E-state index in [1.165, 1.54) is 14.0 Å². The predicted octanol–water partition coefficient (Wildman–Crippen LogP) is 4.04. The van der Waals surface area contributed by atoms with Crippen molar-refractivity contribution in [3.05, 3.63) is 29.8 Å². The average molecular weight is 622 g/mol. The highest BCUT2D eigenvalue weighted by Crippen LogP contribution is 2.30. The molecule has 0 fully saturated rings. The predicted molar refractivity (Wildman–Crippen MR) is 170 cm³/mol. The van der Waals surface area contributed by atoms with E-state index in [1.807, 2.05) is 39.8 Å². The molecule has 0 bridgehead atoms. The van der Waals surface area contributed by atoms with Gasteiger partial charge in [-0.3, -0.25) is 19.2 Å². The van der Waals surface area contributed by atoms with Gasteiger partial charge in [0.1, 0.15) is 23.4 Å². The van der Waals surface area contributed by atoms with Crippen molar-refractivity contribution < 1.29 is 33.4 Å². The summed E-state index contributed by atoms with van der Waals surface area (Å²) in [5.41, 5.74) is 0.0972. The highest BCUT2D eigenvalue weighted by Gasteiger charge is 2.36. The maximum absolute atomic E-state index is 13.8. The number of hydrogen-bond acceptors (Lipinski definition) is 8. The van der Waals surface area contributed by atoms with Crippen LogP contribution < -0.4 is 20.7 Å². The van der Waals surface area contributed by atoms with Gasteiger partial charge in [0.2, 0.25) is 17.7 Å². The minimum absolute atomic E-state index is 0.0596. The molecule has 0 spiro atoms. The van der Waals surface area contributed by atoms with E-state index < -0.39 is 46.6 Å². The molecule has 3 N–H and O–H groups in total. The zero-order chi connectivity index (χ0) is 32.9. The van der Waals surface area contributed by atoms with Gasteiger partial charge in [-0.1, -0.05) is 51.6 Å². The maximum atomic E-state index is 13.8. The Balaban J connectivity index is 3.25. The molecule has 11 heteroatoms. The Hall–Kier alpha value is -3.08. The van der Waals surface area contributed by atoms with Crippen molar-refractivity contribution >= 4 is 40.6 Å². The SMILES string of the molecule is CNC(=O)[C@H](Cc1ccc(OC)cc1)NC(=O)[C@H](CC(C)C)[C@H](CC(=O)NC(CC(C)C)C(=O)OC(C)(C)C)SC(C)=O. The molecule has 3 amide bonds. The molecule has 0 heterocycles. The number of methoxy groups -OCH3 is 1. The molecule has 1 aromatic rings. The fourth-order valence-corrected chi connectivity index (χ4v) is 5.63. The molecule has 0 aliphatic rings. The normalized spacial score (nSPS) is 14.3. The molecule has 242 valence electrons. The molecule has 0 aliphatic heterocycles. The number of benzene rings is 1. The Kier molecular flexibility index (Phi) is 15.8. The fraction of sp³-hybridized carbons (Fsp3) is 0.656. The second kappa shape index (κ2) is 17.9. The fourth-order valence-electron chi connectivity index (χ4n) is 4.57. The highest BCUT2D eigenvalue weighted by molar-refractivity contribution is 8.14. The largest absolute Gasteiger partial charge is 0.497 e. The van der Waals surface area contributed by atoms with Gasteiger partial charge in [-0.2, -0.15) is 0 Å². The molecule has 1 rings (SSSR count). The van der Waals surface area contributed by atoms with E-state index in [0.717, 1.165) is 17.3 Å². The number of rotatable bonds is 16. The summed E-state index contributed by atoms with van der Waals surface area (Å²) in [5, 5.41) is 7.31. The third-order valence-corrected chi connectivity index (χ3v) is 7.56. The molecule has 0 aliphatic carbocycles. The van der Waals surface area contributed by atoms with Crippen LogP contribution in [0.25, 0.3) is 0 Å². The summed E-state index contributed by atoms with van der Waals surface area (Å²) < 4.78 is 10.7. The van der Waals surface area contributed by atoms with E-state index in [-0.39, 0.29) is 35.7 Å². The Morgan fingerprint density at radius 1 is 0.860 bits per heavy atom. The van der Waals surface area contributed by atoms with Crippen LogP contribution in [-0.2, 0) is 35.1 Å². The molecule has 0 radical (unpaired) electrons. The molecule has 0 saturated carbocycles. The van der Waals surface area contributed by atoms with E-state index in [1.54, 1.807) is 40.0 Å². The molecule has 43 heavy (non-hydrogen) atoms. The van der Waals surface area contributed by atoms with Crippen LogP contribution in [0.5, 0.6) is 5.75 Å². The van der Waals surface area contributed by atoms with Gasteiger partial charge in [0.15, 0.2) is 5.12 Å². The van der Waals surface area contributed by atoms with Crippen LogP contribution in [0, 0.1) is 17.8 Å². The Bertz CT molecular complexity index is 1080. The highest BCUT2D eigenvalue weighted by atomic mass is 32.2. The van der Waals surface area contributed by atoms with Gasteiger partial charge >= 0.3 is 5.97 Å². The molecular formula is C32H51N3O7S. The van der Waals surface area contributed by atoms with Crippen molar-refractivity contribution in [2.75, 3.05) is 14.2 Å². The summed E-state index contributed by atoms with van der Waals surface area (Å²) in [7, 11) is 3.06. The number of ether oxygens (including phenoxy) is 2. The summed E-state index contributed by atoms with van der Waals surface area (Å²) >= 11 is 0.924. The molecule has 0 saturated heterocycles. The first-order valence-electron chi connectivity index (χ1n) is 14.8. The monoisotopic (exact) mass is 621 g/mol. The molecule has 10 nitrogen and oxygen atoms in total. The zero-order valence-electron chi connectivity index (χ0n) is 27.4. The number of carbonyl (C=O) groups excluding carboxylic acids is 5. The molecular weight excluding hydrogens is 570 g/mol. The smallest absolute Gasteiger partial charge is 0.329 e. The Morgan fingerprint density at radius 2 is 1.44 bits per heavy atom. The Labute approximate surface area is 261 Å². The van der Waals surface area contributed by atoms with Gasteiger partial charge in [-0.05, 0) is 63.1 Å². The third kappa shape index (κ3) is 14.8. The van der Waals surface area contributed by atoms with E-state index in [0.29, 0.717) is 18.6 Å². The van der Waals surface area contributed by atoms with E-state index >= 15 is 0 Å². The summed E-state index contributed by atoms with van der Waals surface area (Å²) in [6, 6.07) is 5.46. The van der Waals surface area contributed by atoms with Crippen LogP contribution in [0.2, 0.25) is 0 Å². The lowest BCUT2D eigenvalue weighted by molar-refractivity contribution is -0.159. The van der Waals surface area contributed by atoms with Crippen molar-refractivity contribution in [2.24, 2.45) is 17.8 Å². The summed E-state index contributed by atoms with van der Waals surface area (Å²) in [4.78, 5) is 65.1. The van der Waals surface area contributed by atoms with Crippen LogP contribution in [-0.4, -0.2) is 65.9 Å². The second-order valence-corrected chi connectivity index (χ2v) is 14.0. The first-order chi connectivity index (χ1) is 19.9. The minimum atomic E-state index is -0.875. The summed E-state index contributed by atoms with van der Waals surface area (Å²) in [5.74, 6) is -1.70. The van der Waals surface area contributed by atoms with Crippen molar-refractivity contribution in [1.82, 2.24) is 16.0 Å². The number of likely N-dealkylation sites (N-methyl/N-ethyl adjacent to an activating group) is 1. The van der Waals surface area contributed by atoms with Crippen molar-refractivity contribution in [3.8, 4) is 5.75 Å². The first-order valence-corrected chi connectivity index (χ1v) is 15.7. The van der Waals surface area contributed by atoms with Crippen molar-refractivity contribution in [1.29, 1.82) is 0 Å². The standard InChI is InChI=1S/C32H51N3O7S/c1-19(2)15-24(29(38)35-25(30(39)33-9)17-22-11-13-23(41-10)14-12-22)27(43-21(5)36)18-28(37)34-26(16-20(3)4)31(40)42-32(6,7)8/h11-14,19-20,24-27H,15-18H2,1-10H3,(H,33,39)(H,34,37)(H,35,38)/t24-,25+,26?,27+/m1/s1. The van der Waals surface area contributed by atoms with Gasteiger partial charge in [-0.15, -0.1) is 0 Å². The number of thioether (sulfide) groups is 1. The van der Waals surface area contributed by atoms with Gasteiger partial charge in [-0.25, -0.2) is 4.79 Å². The third-order valence-electron chi connectivity index (χ3n) is 6.43. The zero-order valence-corrected chi connectivity index (χ0v) is 28.2. The molecule has 0 aromatic heterocycles. The van der Waals surface area contributed by atoms with Gasteiger partial charge < -0.3 is 25.4 Å². The van der Waals surface area contributed by atoms with Crippen LogP contribution in [0.3, 0.4) is 0 Å². The van der Waals surface area contributed by atoms with E-state index in [4.69, 9.17) is 9.47 Å². The van der Waals surface area contributed by atoms with Crippen molar-refractivity contribution in [2.45, 2.75) is 104 Å². The van der Waals surface area contributed by atoms with Crippen molar-refractivity contribution in [3.63, 3.8) is 0 Å². The Morgan fingerprint density at radius 3 is 1.91 bits per heavy atom. The number of nitrogens with one attached hydrogen (secondary N) is 3.